The zero-order valence-electron chi connectivity index (χ0n) is 12.3. The molecule has 2 heterocycles. The van der Waals surface area contributed by atoms with Crippen LogP contribution in [0.15, 0.2) is 4.90 Å². The van der Waals surface area contributed by atoms with Crippen molar-refractivity contribution in [2.75, 3.05) is 6.54 Å². The van der Waals surface area contributed by atoms with Crippen LogP contribution in [0.25, 0.3) is 0 Å². The second-order valence-electron chi connectivity index (χ2n) is 6.16. The number of aryl methyl sites for hydroxylation is 2. The number of sulfonamides is 1. The summed E-state index contributed by atoms with van der Waals surface area (Å²) in [6.07, 6.45) is 0.343. The predicted octanol–water partition coefficient (Wildman–Crippen LogP) is 3.48. The van der Waals surface area contributed by atoms with Gasteiger partial charge in [-0.3, -0.25) is 0 Å². The van der Waals surface area contributed by atoms with Gasteiger partial charge in [0.2, 0.25) is 15.9 Å². The molecule has 1 saturated heterocycles. The van der Waals surface area contributed by atoms with Crippen LogP contribution in [0.1, 0.15) is 34.6 Å². The molecule has 1 atom stereocenters. The molecule has 1 saturated carbocycles. The summed E-state index contributed by atoms with van der Waals surface area (Å²) in [5.74, 6) is -2.79. The standard InChI is InChI=1S/C14H19F2NO2S2/c1-8-9(2)20-10(3)13(8)21(18,19)17-5-4-12(17)11-6-14(15,16)7-11/h11-12H,4-7H2,1-3H3. The fraction of sp³-hybridized carbons (Fsp3) is 0.714. The largest absolute Gasteiger partial charge is 0.248 e. The van der Waals surface area contributed by atoms with E-state index in [1.165, 1.54) is 15.6 Å². The van der Waals surface area contributed by atoms with E-state index in [9.17, 15) is 17.2 Å². The van der Waals surface area contributed by atoms with Gasteiger partial charge in [-0.2, -0.15) is 4.31 Å². The van der Waals surface area contributed by atoms with Gasteiger partial charge in [-0.1, -0.05) is 0 Å². The zero-order chi connectivity index (χ0) is 15.6. The number of hydrogen-bond acceptors (Lipinski definition) is 3. The Hall–Kier alpha value is -0.530. The van der Waals surface area contributed by atoms with E-state index in [1.807, 2.05) is 20.8 Å². The van der Waals surface area contributed by atoms with Crippen molar-refractivity contribution in [2.24, 2.45) is 5.92 Å². The van der Waals surface area contributed by atoms with Crippen LogP contribution < -0.4 is 0 Å². The maximum Gasteiger partial charge on any atom is 0.248 e. The van der Waals surface area contributed by atoms with E-state index < -0.39 is 15.9 Å². The van der Waals surface area contributed by atoms with Crippen LogP contribution in [0.4, 0.5) is 8.78 Å². The summed E-state index contributed by atoms with van der Waals surface area (Å²) in [6, 6.07) is -0.242. The van der Waals surface area contributed by atoms with Gasteiger partial charge in [0.1, 0.15) is 0 Å². The van der Waals surface area contributed by atoms with Gasteiger partial charge in [0.05, 0.1) is 4.90 Å². The average Bonchev–Trinajstić information content (AvgIpc) is 2.48. The molecular weight excluding hydrogens is 316 g/mol. The highest BCUT2D eigenvalue weighted by atomic mass is 32.2. The highest BCUT2D eigenvalue weighted by Gasteiger charge is 2.54. The van der Waals surface area contributed by atoms with Crippen LogP contribution >= 0.6 is 11.3 Å². The summed E-state index contributed by atoms with van der Waals surface area (Å²) in [4.78, 5) is 2.17. The molecule has 118 valence electrons. The lowest BCUT2D eigenvalue weighted by Gasteiger charge is -2.49. The number of nitrogens with zero attached hydrogens (tertiary/aromatic N) is 1. The van der Waals surface area contributed by atoms with E-state index in [0.717, 1.165) is 15.3 Å². The molecule has 0 N–H and O–H groups in total. The molecule has 21 heavy (non-hydrogen) atoms. The number of halogens is 2. The molecule has 1 aliphatic heterocycles. The predicted molar refractivity (Wildman–Crippen MR) is 78.5 cm³/mol. The zero-order valence-corrected chi connectivity index (χ0v) is 14.0. The molecule has 1 unspecified atom stereocenters. The molecule has 1 aromatic heterocycles. The first-order valence-corrected chi connectivity index (χ1v) is 9.35. The molecular formula is C14H19F2NO2S2. The Morgan fingerprint density at radius 3 is 2.19 bits per heavy atom. The van der Waals surface area contributed by atoms with E-state index in [4.69, 9.17) is 0 Å². The first-order valence-electron chi connectivity index (χ1n) is 7.10. The lowest BCUT2D eigenvalue weighted by molar-refractivity contribution is -0.135. The molecule has 3 rings (SSSR count). The Balaban J connectivity index is 1.86. The Morgan fingerprint density at radius 2 is 1.81 bits per heavy atom. The second kappa shape index (κ2) is 4.73. The van der Waals surface area contributed by atoms with Crippen LogP contribution in [-0.4, -0.2) is 31.2 Å². The molecule has 2 fully saturated rings. The minimum atomic E-state index is -3.55. The van der Waals surface area contributed by atoms with Crippen LogP contribution in [0.3, 0.4) is 0 Å². The van der Waals surface area contributed by atoms with E-state index in [-0.39, 0.29) is 24.8 Å². The fourth-order valence-electron chi connectivity index (χ4n) is 3.40. The van der Waals surface area contributed by atoms with Gasteiger partial charge >= 0.3 is 0 Å². The lowest BCUT2D eigenvalue weighted by atomic mass is 9.73. The van der Waals surface area contributed by atoms with E-state index >= 15 is 0 Å². The maximum atomic E-state index is 13.0. The molecule has 0 amide bonds. The van der Waals surface area contributed by atoms with Crippen LogP contribution in [-0.2, 0) is 10.0 Å². The highest BCUT2D eigenvalue weighted by Crippen LogP contribution is 2.49. The van der Waals surface area contributed by atoms with Crippen molar-refractivity contribution >= 4 is 21.4 Å². The Bertz CT molecular complexity index is 673. The SMILES string of the molecule is Cc1sc(C)c(S(=O)(=O)N2CCC2C2CC(F)(F)C2)c1C. The van der Waals surface area contributed by atoms with Crippen molar-refractivity contribution in [3.8, 4) is 0 Å². The monoisotopic (exact) mass is 335 g/mol. The van der Waals surface area contributed by atoms with Crippen LogP contribution in [0.2, 0.25) is 0 Å². The summed E-state index contributed by atoms with van der Waals surface area (Å²) in [6.45, 7) is 5.98. The minimum Gasteiger partial charge on any atom is -0.207 e. The highest BCUT2D eigenvalue weighted by molar-refractivity contribution is 7.89. The molecule has 0 spiro atoms. The molecule has 2 aliphatic rings. The van der Waals surface area contributed by atoms with Crippen molar-refractivity contribution in [3.63, 3.8) is 0 Å². The molecule has 7 heteroatoms. The van der Waals surface area contributed by atoms with Crippen molar-refractivity contribution in [3.05, 3.63) is 15.3 Å². The van der Waals surface area contributed by atoms with Gasteiger partial charge < -0.3 is 0 Å². The Labute approximate surface area is 128 Å². The summed E-state index contributed by atoms with van der Waals surface area (Å²) in [5, 5.41) is 0. The summed E-state index contributed by atoms with van der Waals surface area (Å²) in [7, 11) is -3.55. The lowest BCUT2D eigenvalue weighted by Crippen LogP contribution is -2.59. The van der Waals surface area contributed by atoms with Gasteiger partial charge in [-0.25, -0.2) is 17.2 Å². The van der Waals surface area contributed by atoms with Crippen LogP contribution in [0.5, 0.6) is 0 Å². The molecule has 0 bridgehead atoms. The number of rotatable bonds is 3. The maximum absolute atomic E-state index is 13.0. The smallest absolute Gasteiger partial charge is 0.207 e. The van der Waals surface area contributed by atoms with E-state index in [2.05, 4.69) is 0 Å². The van der Waals surface area contributed by atoms with Gasteiger partial charge in [0, 0.05) is 35.2 Å². The van der Waals surface area contributed by atoms with Crippen molar-refractivity contribution in [1.29, 1.82) is 0 Å². The summed E-state index contributed by atoms with van der Waals surface area (Å²) < 4.78 is 53.1. The third kappa shape index (κ3) is 2.33. The van der Waals surface area contributed by atoms with Gasteiger partial charge in [-0.15, -0.1) is 11.3 Å². The topological polar surface area (TPSA) is 37.4 Å². The van der Waals surface area contributed by atoms with Crippen molar-refractivity contribution in [2.45, 2.75) is 56.9 Å². The Kier molecular flexibility index (Phi) is 3.46. The summed E-state index contributed by atoms with van der Waals surface area (Å²) in [5.41, 5.74) is 0.794. The third-order valence-electron chi connectivity index (χ3n) is 4.74. The second-order valence-corrected chi connectivity index (χ2v) is 9.42. The van der Waals surface area contributed by atoms with E-state index in [1.54, 1.807) is 0 Å². The minimum absolute atomic E-state index is 0.176. The summed E-state index contributed by atoms with van der Waals surface area (Å²) >= 11 is 1.48. The normalized spacial score (nSPS) is 26.4. The molecule has 0 radical (unpaired) electrons. The van der Waals surface area contributed by atoms with Crippen molar-refractivity contribution in [1.82, 2.24) is 4.31 Å². The first kappa shape index (κ1) is 15.4. The molecule has 0 aromatic carbocycles. The number of hydrogen-bond donors (Lipinski definition) is 0. The Morgan fingerprint density at radius 1 is 1.19 bits per heavy atom. The first-order chi connectivity index (χ1) is 9.63. The third-order valence-corrected chi connectivity index (χ3v) is 8.19. The quantitative estimate of drug-likeness (QED) is 0.848. The number of thiophene rings is 1. The molecule has 3 nitrogen and oxygen atoms in total. The van der Waals surface area contributed by atoms with E-state index in [0.29, 0.717) is 17.9 Å². The fourth-order valence-corrected chi connectivity index (χ4v) is 6.98. The molecule has 1 aliphatic carbocycles. The van der Waals surface area contributed by atoms with Gasteiger partial charge in [0.15, 0.2) is 0 Å². The number of alkyl halides is 2. The molecule has 1 aromatic rings. The van der Waals surface area contributed by atoms with Crippen molar-refractivity contribution < 1.29 is 17.2 Å². The van der Waals surface area contributed by atoms with Gasteiger partial charge in [0.25, 0.3) is 0 Å². The van der Waals surface area contributed by atoms with Crippen LogP contribution in [0, 0.1) is 26.7 Å². The average molecular weight is 335 g/mol. The van der Waals surface area contributed by atoms with Gasteiger partial charge in [-0.05, 0) is 38.7 Å².